The van der Waals surface area contributed by atoms with Crippen molar-refractivity contribution in [3.8, 4) is 5.75 Å². The molecule has 0 amide bonds. The van der Waals surface area contributed by atoms with Gasteiger partial charge >= 0.3 is 0 Å². The second kappa shape index (κ2) is 4.78. The summed E-state index contributed by atoms with van der Waals surface area (Å²) in [4.78, 5) is 3.96. The summed E-state index contributed by atoms with van der Waals surface area (Å²) in [5.74, 6) is 0.630. The van der Waals surface area contributed by atoms with Gasteiger partial charge in [0.1, 0.15) is 11.3 Å². The molecule has 0 atom stereocenters. The first-order chi connectivity index (χ1) is 7.60. The molecule has 0 saturated heterocycles. The van der Waals surface area contributed by atoms with Gasteiger partial charge in [0, 0.05) is 20.0 Å². The van der Waals surface area contributed by atoms with Crippen molar-refractivity contribution < 1.29 is 9.47 Å². The van der Waals surface area contributed by atoms with Gasteiger partial charge in [0.05, 0.1) is 6.10 Å². The Kier molecular flexibility index (Phi) is 3.57. The molecule has 1 aliphatic carbocycles. The van der Waals surface area contributed by atoms with Gasteiger partial charge < -0.3 is 9.47 Å². The van der Waals surface area contributed by atoms with E-state index in [0.29, 0.717) is 22.2 Å². The first-order valence-corrected chi connectivity index (χ1v) is 5.88. The third kappa shape index (κ3) is 2.42. The number of rotatable bonds is 3. The van der Waals surface area contributed by atoms with E-state index in [1.807, 2.05) is 6.92 Å². The Hall–Kier alpha value is -0.510. The summed E-state index contributed by atoms with van der Waals surface area (Å²) < 4.78 is 10.9. The predicted molar refractivity (Wildman–Crippen MR) is 63.4 cm³/mol. The summed E-state index contributed by atoms with van der Waals surface area (Å²) in [6, 6.07) is 1.75. The molecule has 0 aromatic carbocycles. The molecular weight excluding hydrogens is 249 g/mol. The van der Waals surface area contributed by atoms with Crippen LogP contribution in [-0.2, 0) is 4.74 Å². The van der Waals surface area contributed by atoms with Crippen molar-refractivity contribution in [2.24, 2.45) is 0 Å². The number of pyridine rings is 1. The van der Waals surface area contributed by atoms with Gasteiger partial charge in [-0.1, -0.05) is 23.2 Å². The molecule has 1 fully saturated rings. The molecule has 0 radical (unpaired) electrons. The van der Waals surface area contributed by atoms with Crippen molar-refractivity contribution >= 4 is 23.2 Å². The Morgan fingerprint density at radius 3 is 2.56 bits per heavy atom. The first-order valence-electron chi connectivity index (χ1n) is 5.12. The molecule has 3 nitrogen and oxygen atoms in total. The van der Waals surface area contributed by atoms with Crippen molar-refractivity contribution in [3.05, 3.63) is 21.9 Å². The highest BCUT2D eigenvalue weighted by atomic mass is 35.5. The summed E-state index contributed by atoms with van der Waals surface area (Å²) in [5, 5.41) is 0.712. The maximum absolute atomic E-state index is 5.98. The molecule has 0 aliphatic heterocycles. The van der Waals surface area contributed by atoms with Crippen molar-refractivity contribution in [2.75, 3.05) is 7.11 Å². The van der Waals surface area contributed by atoms with E-state index in [1.54, 1.807) is 13.2 Å². The van der Waals surface area contributed by atoms with Gasteiger partial charge in [-0.05, 0) is 18.6 Å². The van der Waals surface area contributed by atoms with Crippen LogP contribution in [0.15, 0.2) is 6.07 Å². The number of ether oxygens (including phenoxy) is 2. The second-order valence-electron chi connectivity index (χ2n) is 3.95. The van der Waals surface area contributed by atoms with Crippen molar-refractivity contribution in [2.45, 2.75) is 32.0 Å². The molecule has 16 heavy (non-hydrogen) atoms. The summed E-state index contributed by atoms with van der Waals surface area (Å²) >= 11 is 11.8. The van der Waals surface area contributed by atoms with Crippen LogP contribution in [0.1, 0.15) is 18.4 Å². The summed E-state index contributed by atoms with van der Waals surface area (Å²) in [5.41, 5.74) is 0.908. The van der Waals surface area contributed by atoms with Crippen LogP contribution in [0.5, 0.6) is 5.75 Å². The summed E-state index contributed by atoms with van der Waals surface area (Å²) in [6.07, 6.45) is 2.28. The number of halogens is 2. The molecule has 1 aromatic rings. The zero-order chi connectivity index (χ0) is 11.7. The monoisotopic (exact) mass is 261 g/mol. The van der Waals surface area contributed by atoms with Gasteiger partial charge in [-0.15, -0.1) is 0 Å². The van der Waals surface area contributed by atoms with E-state index in [4.69, 9.17) is 32.7 Å². The number of aromatic nitrogens is 1. The number of hydrogen-bond acceptors (Lipinski definition) is 3. The first kappa shape index (κ1) is 12.0. The highest BCUT2D eigenvalue weighted by molar-refractivity contribution is 6.33. The van der Waals surface area contributed by atoms with Crippen molar-refractivity contribution in [1.29, 1.82) is 0 Å². The van der Waals surface area contributed by atoms with Crippen LogP contribution in [-0.4, -0.2) is 24.3 Å². The zero-order valence-corrected chi connectivity index (χ0v) is 10.7. The van der Waals surface area contributed by atoms with Crippen LogP contribution in [0.4, 0.5) is 0 Å². The Labute approximate surface area is 105 Å². The minimum atomic E-state index is 0.170. The maximum atomic E-state index is 5.98. The molecular formula is C11H13Cl2NO2. The zero-order valence-electron chi connectivity index (χ0n) is 9.17. The van der Waals surface area contributed by atoms with Crippen LogP contribution in [0.25, 0.3) is 0 Å². The molecule has 1 saturated carbocycles. The highest BCUT2D eigenvalue weighted by Gasteiger charge is 2.31. The van der Waals surface area contributed by atoms with Crippen LogP contribution < -0.4 is 4.74 Å². The fourth-order valence-corrected chi connectivity index (χ4v) is 2.27. The number of nitrogens with zero attached hydrogens (tertiary/aromatic N) is 1. The standard InChI is InChI=1S/C11H13Cl2NO2/c1-6-3-9(12)14-11(13)10(6)16-8-4-7(5-8)15-2/h3,7-8H,4-5H2,1-2H3. The van der Waals surface area contributed by atoms with Gasteiger partial charge in [-0.2, -0.15) is 0 Å². The van der Waals surface area contributed by atoms with Gasteiger partial charge in [0.2, 0.25) is 0 Å². The lowest BCUT2D eigenvalue weighted by Gasteiger charge is -2.34. The van der Waals surface area contributed by atoms with E-state index in [9.17, 15) is 0 Å². The second-order valence-corrected chi connectivity index (χ2v) is 4.70. The summed E-state index contributed by atoms with van der Waals surface area (Å²) in [7, 11) is 1.71. The maximum Gasteiger partial charge on any atom is 0.172 e. The minimum absolute atomic E-state index is 0.170. The lowest BCUT2D eigenvalue weighted by atomic mass is 9.92. The van der Waals surface area contributed by atoms with Gasteiger partial charge in [-0.3, -0.25) is 0 Å². The Morgan fingerprint density at radius 1 is 1.31 bits per heavy atom. The quantitative estimate of drug-likeness (QED) is 0.783. The van der Waals surface area contributed by atoms with E-state index in [-0.39, 0.29) is 6.10 Å². The third-order valence-corrected chi connectivity index (χ3v) is 3.21. The van der Waals surface area contributed by atoms with E-state index < -0.39 is 0 Å². The Morgan fingerprint density at radius 2 is 2.00 bits per heavy atom. The number of hydrogen-bond donors (Lipinski definition) is 0. The van der Waals surface area contributed by atoms with Gasteiger partial charge in [0.25, 0.3) is 0 Å². The van der Waals surface area contributed by atoms with Crippen molar-refractivity contribution in [3.63, 3.8) is 0 Å². The lowest BCUT2D eigenvalue weighted by molar-refractivity contribution is -0.0384. The molecule has 2 rings (SSSR count). The molecule has 0 unspecified atom stereocenters. The average molecular weight is 262 g/mol. The molecule has 1 aromatic heterocycles. The highest BCUT2D eigenvalue weighted by Crippen LogP contribution is 2.34. The van der Waals surface area contributed by atoms with Crippen molar-refractivity contribution in [1.82, 2.24) is 4.98 Å². The normalized spacial score (nSPS) is 24.0. The fourth-order valence-electron chi connectivity index (χ4n) is 1.70. The van der Waals surface area contributed by atoms with Crippen LogP contribution >= 0.6 is 23.2 Å². The smallest absolute Gasteiger partial charge is 0.172 e. The largest absolute Gasteiger partial charge is 0.487 e. The van der Waals surface area contributed by atoms with E-state index in [1.165, 1.54) is 0 Å². The molecule has 5 heteroatoms. The van der Waals surface area contributed by atoms with Crippen LogP contribution in [0.2, 0.25) is 10.3 Å². The Bertz CT molecular complexity index is 369. The molecule has 0 N–H and O–H groups in total. The minimum Gasteiger partial charge on any atom is -0.487 e. The predicted octanol–water partition coefficient (Wildman–Crippen LogP) is 3.25. The van der Waals surface area contributed by atoms with Gasteiger partial charge in [0.15, 0.2) is 10.9 Å². The average Bonchev–Trinajstić information content (AvgIpc) is 2.13. The van der Waals surface area contributed by atoms with Crippen LogP contribution in [0.3, 0.4) is 0 Å². The molecule has 88 valence electrons. The molecule has 0 bridgehead atoms. The molecule has 0 spiro atoms. The van der Waals surface area contributed by atoms with E-state index in [0.717, 1.165) is 18.4 Å². The van der Waals surface area contributed by atoms with Gasteiger partial charge in [-0.25, -0.2) is 4.98 Å². The molecule has 1 heterocycles. The van der Waals surface area contributed by atoms with E-state index >= 15 is 0 Å². The fraction of sp³-hybridized carbons (Fsp3) is 0.545. The topological polar surface area (TPSA) is 31.4 Å². The third-order valence-electron chi connectivity index (χ3n) is 2.76. The Balaban J connectivity index is 2.05. The van der Waals surface area contributed by atoms with E-state index in [2.05, 4.69) is 4.98 Å². The summed E-state index contributed by atoms with van der Waals surface area (Å²) in [6.45, 7) is 1.90. The SMILES string of the molecule is COC1CC(Oc2c(C)cc(Cl)nc2Cl)C1. The number of methoxy groups -OCH3 is 1. The lowest BCUT2D eigenvalue weighted by Crippen LogP contribution is -2.39. The molecule has 1 aliphatic rings. The number of aryl methyl sites for hydroxylation is 1. The van der Waals surface area contributed by atoms with Crippen LogP contribution in [0, 0.1) is 6.92 Å².